The lowest BCUT2D eigenvalue weighted by Crippen LogP contribution is -2.21. The molecule has 0 bridgehead atoms. The Morgan fingerprint density at radius 3 is 2.61 bits per heavy atom. The van der Waals surface area contributed by atoms with Crippen LogP contribution in [-0.2, 0) is 11.2 Å². The van der Waals surface area contributed by atoms with Crippen LogP contribution < -0.4 is 5.63 Å². The number of aryl methyl sites for hydroxylation is 1. The van der Waals surface area contributed by atoms with Gasteiger partial charge in [0.25, 0.3) is 0 Å². The van der Waals surface area contributed by atoms with E-state index < -0.39 is 0 Å². The van der Waals surface area contributed by atoms with E-state index in [2.05, 4.69) is 13.0 Å². The van der Waals surface area contributed by atoms with Crippen molar-refractivity contribution in [1.29, 1.82) is 0 Å². The molecule has 0 spiro atoms. The number of rotatable bonds is 7. The number of ether oxygens (including phenoxy) is 1. The molecule has 1 saturated heterocycles. The maximum atomic E-state index is 12.8. The van der Waals surface area contributed by atoms with Gasteiger partial charge in [-0.1, -0.05) is 6.92 Å². The monoisotopic (exact) mass is 402 g/mol. The third-order valence-corrected chi connectivity index (χ3v) is 7.56. The third-order valence-electron chi connectivity index (χ3n) is 6.45. The lowest BCUT2D eigenvalue weighted by Gasteiger charge is -2.26. The lowest BCUT2D eigenvalue weighted by molar-refractivity contribution is 0.0565. The van der Waals surface area contributed by atoms with Crippen molar-refractivity contribution in [2.75, 3.05) is 13.2 Å². The van der Waals surface area contributed by atoms with Gasteiger partial charge in [0.15, 0.2) is 0 Å². The summed E-state index contributed by atoms with van der Waals surface area (Å²) in [5.41, 5.74) is 0.276. The van der Waals surface area contributed by atoms with Crippen molar-refractivity contribution in [3.63, 3.8) is 0 Å². The van der Waals surface area contributed by atoms with Crippen LogP contribution in [0.1, 0.15) is 72.4 Å². The molecule has 1 N–H and O–H groups in total. The van der Waals surface area contributed by atoms with Crippen LogP contribution in [0.25, 0.3) is 0 Å². The minimum atomic E-state index is -0.380. The first-order valence-electron chi connectivity index (χ1n) is 10.5. The fourth-order valence-corrected chi connectivity index (χ4v) is 5.77. The zero-order chi connectivity index (χ0) is 19.7. The summed E-state index contributed by atoms with van der Waals surface area (Å²) >= 11 is 1.67. The average molecular weight is 403 g/mol. The zero-order valence-electron chi connectivity index (χ0n) is 16.8. The molecule has 1 aliphatic carbocycles. The van der Waals surface area contributed by atoms with E-state index in [1.165, 1.54) is 24.1 Å². The lowest BCUT2D eigenvalue weighted by atomic mass is 9.84. The maximum absolute atomic E-state index is 12.8. The third kappa shape index (κ3) is 4.20. The smallest absolute Gasteiger partial charge is 0.343 e. The SMILES string of the molecule is CCC(c1ccc(C)s1)c1c(O)cc(CC2(CC3CCOCC3)CC2)oc1=O. The van der Waals surface area contributed by atoms with Crippen molar-refractivity contribution in [1.82, 2.24) is 0 Å². The van der Waals surface area contributed by atoms with E-state index in [1.807, 2.05) is 13.0 Å². The number of aromatic hydroxyl groups is 1. The second kappa shape index (κ2) is 8.03. The van der Waals surface area contributed by atoms with E-state index in [0.29, 0.717) is 17.2 Å². The highest BCUT2D eigenvalue weighted by Crippen LogP contribution is 2.54. The Bertz CT molecular complexity index is 871. The van der Waals surface area contributed by atoms with Crippen LogP contribution in [0.15, 0.2) is 27.4 Å². The molecule has 1 atom stereocenters. The van der Waals surface area contributed by atoms with Crippen molar-refractivity contribution < 1.29 is 14.3 Å². The first-order valence-corrected chi connectivity index (χ1v) is 11.3. The van der Waals surface area contributed by atoms with Crippen LogP contribution in [0.2, 0.25) is 0 Å². The van der Waals surface area contributed by atoms with Crippen LogP contribution in [0.5, 0.6) is 5.75 Å². The summed E-state index contributed by atoms with van der Waals surface area (Å²) in [6.45, 7) is 5.83. The van der Waals surface area contributed by atoms with Crippen molar-refractivity contribution in [2.24, 2.45) is 11.3 Å². The van der Waals surface area contributed by atoms with Crippen LogP contribution in [0.4, 0.5) is 0 Å². The molecular formula is C23H30O4S. The van der Waals surface area contributed by atoms with Gasteiger partial charge in [-0.05, 0) is 68.9 Å². The topological polar surface area (TPSA) is 59.7 Å². The van der Waals surface area contributed by atoms with Crippen molar-refractivity contribution in [2.45, 2.75) is 64.7 Å². The molecule has 2 fully saturated rings. The number of hydrogen-bond donors (Lipinski definition) is 1. The van der Waals surface area contributed by atoms with E-state index in [-0.39, 0.29) is 22.7 Å². The summed E-state index contributed by atoms with van der Waals surface area (Å²) in [6.07, 6.45) is 7.32. The summed E-state index contributed by atoms with van der Waals surface area (Å²) in [6, 6.07) is 5.81. The second-order valence-corrected chi connectivity index (χ2v) is 9.96. The quantitative estimate of drug-likeness (QED) is 0.674. The van der Waals surface area contributed by atoms with Crippen molar-refractivity contribution in [3.05, 3.63) is 49.7 Å². The summed E-state index contributed by atoms with van der Waals surface area (Å²) in [4.78, 5) is 15.1. The predicted molar refractivity (Wildman–Crippen MR) is 111 cm³/mol. The summed E-state index contributed by atoms with van der Waals surface area (Å²) in [7, 11) is 0. The Morgan fingerprint density at radius 1 is 1.29 bits per heavy atom. The first-order chi connectivity index (χ1) is 13.5. The van der Waals surface area contributed by atoms with Crippen LogP contribution >= 0.6 is 11.3 Å². The molecular weight excluding hydrogens is 372 g/mol. The van der Waals surface area contributed by atoms with Gasteiger partial charge in [-0.15, -0.1) is 11.3 Å². The average Bonchev–Trinajstić information content (AvgIpc) is 3.27. The van der Waals surface area contributed by atoms with Crippen LogP contribution in [-0.4, -0.2) is 18.3 Å². The van der Waals surface area contributed by atoms with Crippen LogP contribution in [0.3, 0.4) is 0 Å². The number of hydrogen-bond acceptors (Lipinski definition) is 5. The molecule has 1 unspecified atom stereocenters. The minimum Gasteiger partial charge on any atom is -0.507 e. The highest BCUT2D eigenvalue weighted by atomic mass is 32.1. The fraction of sp³-hybridized carbons (Fsp3) is 0.609. The summed E-state index contributed by atoms with van der Waals surface area (Å²) in [5.74, 6) is 1.32. The summed E-state index contributed by atoms with van der Waals surface area (Å²) < 4.78 is 11.2. The maximum Gasteiger partial charge on any atom is 0.343 e. The summed E-state index contributed by atoms with van der Waals surface area (Å²) in [5, 5.41) is 10.7. The van der Waals surface area contributed by atoms with E-state index in [4.69, 9.17) is 9.15 Å². The predicted octanol–water partition coefficient (Wildman–Crippen LogP) is 5.40. The molecule has 1 aliphatic heterocycles. The standard InChI is InChI=1S/C23H30O4S/c1-3-18(20-5-4-15(2)28-20)21-19(24)12-17(27-22(21)25)14-23(8-9-23)13-16-6-10-26-11-7-16/h4-5,12,16,18,24H,3,6-11,13-14H2,1-2H3. The van der Waals surface area contributed by atoms with Crippen molar-refractivity contribution in [3.8, 4) is 5.75 Å². The van der Waals surface area contributed by atoms with Crippen molar-refractivity contribution >= 4 is 11.3 Å². The van der Waals surface area contributed by atoms with Gasteiger partial charge in [0, 0.05) is 41.4 Å². The molecule has 2 aromatic heterocycles. The molecule has 0 amide bonds. The minimum absolute atomic E-state index is 0.0889. The highest BCUT2D eigenvalue weighted by Gasteiger charge is 2.45. The van der Waals surface area contributed by atoms with Gasteiger partial charge in [0.1, 0.15) is 11.5 Å². The van der Waals surface area contributed by atoms with Gasteiger partial charge < -0.3 is 14.3 Å². The van der Waals surface area contributed by atoms with Crippen LogP contribution in [0, 0.1) is 18.3 Å². The molecule has 28 heavy (non-hydrogen) atoms. The second-order valence-electron chi connectivity index (χ2n) is 8.64. The van der Waals surface area contributed by atoms with Gasteiger partial charge in [0.2, 0.25) is 0 Å². The Kier molecular flexibility index (Phi) is 5.66. The van der Waals surface area contributed by atoms with E-state index >= 15 is 0 Å². The molecule has 0 radical (unpaired) electrons. The van der Waals surface area contributed by atoms with Gasteiger partial charge in [-0.25, -0.2) is 4.79 Å². The Hall–Kier alpha value is -1.59. The Labute approximate surface area is 170 Å². The largest absolute Gasteiger partial charge is 0.507 e. The highest BCUT2D eigenvalue weighted by molar-refractivity contribution is 7.12. The van der Waals surface area contributed by atoms with Gasteiger partial charge >= 0.3 is 5.63 Å². The van der Waals surface area contributed by atoms with Gasteiger partial charge in [0.05, 0.1) is 5.56 Å². The van der Waals surface area contributed by atoms with E-state index in [1.54, 1.807) is 17.4 Å². The first kappa shape index (κ1) is 19.7. The molecule has 1 saturated carbocycles. The molecule has 3 heterocycles. The molecule has 5 heteroatoms. The normalized spacial score (nSPS) is 20.2. The molecule has 152 valence electrons. The molecule has 0 aromatic carbocycles. The molecule has 2 aromatic rings. The molecule has 4 rings (SSSR count). The van der Waals surface area contributed by atoms with Gasteiger partial charge in [-0.3, -0.25) is 0 Å². The number of thiophene rings is 1. The Morgan fingerprint density at radius 2 is 2.04 bits per heavy atom. The fourth-order valence-electron chi connectivity index (χ4n) is 4.70. The van der Waals surface area contributed by atoms with E-state index in [0.717, 1.165) is 43.8 Å². The van der Waals surface area contributed by atoms with E-state index in [9.17, 15) is 9.90 Å². The Balaban J connectivity index is 1.53. The molecule has 4 nitrogen and oxygen atoms in total. The van der Waals surface area contributed by atoms with Gasteiger partial charge in [-0.2, -0.15) is 0 Å². The molecule has 2 aliphatic rings. The zero-order valence-corrected chi connectivity index (χ0v) is 17.6.